The van der Waals surface area contributed by atoms with E-state index < -0.39 is 0 Å². The summed E-state index contributed by atoms with van der Waals surface area (Å²) in [6.45, 7) is 24.8. The van der Waals surface area contributed by atoms with Crippen LogP contribution in [0.15, 0.2) is 0 Å². The summed E-state index contributed by atoms with van der Waals surface area (Å²) in [4.78, 5) is 0. The van der Waals surface area contributed by atoms with E-state index in [1.165, 1.54) is 64.2 Å². The lowest BCUT2D eigenvalue weighted by molar-refractivity contribution is -0.0707. The minimum atomic E-state index is 0.440. The maximum Gasteiger partial charge on any atom is -0.0239 e. The first-order valence-corrected chi connectivity index (χ1v) is 11.7. The van der Waals surface area contributed by atoms with E-state index in [4.69, 9.17) is 0 Å². The van der Waals surface area contributed by atoms with E-state index in [9.17, 15) is 0 Å². The van der Waals surface area contributed by atoms with Crippen molar-refractivity contribution in [3.05, 3.63) is 0 Å². The van der Waals surface area contributed by atoms with Crippen LogP contribution in [0.2, 0.25) is 0 Å². The summed E-state index contributed by atoms with van der Waals surface area (Å²) in [5.41, 5.74) is 1.42. The van der Waals surface area contributed by atoms with Crippen molar-refractivity contribution < 1.29 is 0 Å². The fourth-order valence-corrected chi connectivity index (χ4v) is 6.28. The molecular formula is C25H52. The molecule has 0 heteroatoms. The van der Waals surface area contributed by atoms with Crippen molar-refractivity contribution in [3.63, 3.8) is 0 Å². The van der Waals surface area contributed by atoms with Gasteiger partial charge >= 0.3 is 0 Å². The SMILES string of the molecule is CCCC(CC)(CC(C)(C(CC)CC)C(C)(CC)CCC)C(C)CC. The predicted octanol–water partition coefficient (Wildman–Crippen LogP) is 9.28. The summed E-state index contributed by atoms with van der Waals surface area (Å²) < 4.78 is 0. The highest BCUT2D eigenvalue weighted by Crippen LogP contribution is 2.60. The van der Waals surface area contributed by atoms with E-state index in [1.54, 1.807) is 0 Å². The average Bonchev–Trinajstić information content (AvgIpc) is 2.61. The Bertz CT molecular complexity index is 342. The van der Waals surface area contributed by atoms with Gasteiger partial charge in [-0.05, 0) is 47.3 Å². The van der Waals surface area contributed by atoms with Gasteiger partial charge in [0.15, 0.2) is 0 Å². The monoisotopic (exact) mass is 352 g/mol. The normalized spacial score (nSPS) is 20.8. The molecule has 0 aliphatic heterocycles. The maximum atomic E-state index is 2.69. The van der Waals surface area contributed by atoms with Crippen LogP contribution in [0.25, 0.3) is 0 Å². The van der Waals surface area contributed by atoms with Gasteiger partial charge in [-0.3, -0.25) is 0 Å². The van der Waals surface area contributed by atoms with E-state index in [-0.39, 0.29) is 0 Å². The third-order valence-corrected chi connectivity index (χ3v) is 8.68. The smallest absolute Gasteiger partial charge is 0.0239 e. The van der Waals surface area contributed by atoms with Crippen molar-refractivity contribution in [1.82, 2.24) is 0 Å². The van der Waals surface area contributed by atoms with Crippen molar-refractivity contribution in [2.24, 2.45) is 28.1 Å². The number of rotatable bonds is 14. The van der Waals surface area contributed by atoms with Gasteiger partial charge in [0.05, 0.1) is 0 Å². The Kier molecular flexibility index (Phi) is 11.0. The van der Waals surface area contributed by atoms with E-state index in [0.717, 1.165) is 11.8 Å². The average molecular weight is 353 g/mol. The van der Waals surface area contributed by atoms with Crippen LogP contribution < -0.4 is 0 Å². The van der Waals surface area contributed by atoms with Gasteiger partial charge < -0.3 is 0 Å². The van der Waals surface area contributed by atoms with Gasteiger partial charge in [0, 0.05) is 0 Å². The molecule has 0 saturated carbocycles. The summed E-state index contributed by atoms with van der Waals surface area (Å²) in [6.07, 6.45) is 13.5. The summed E-state index contributed by atoms with van der Waals surface area (Å²) >= 11 is 0. The van der Waals surface area contributed by atoms with Crippen molar-refractivity contribution in [3.8, 4) is 0 Å². The molecule has 0 spiro atoms. The third-order valence-electron chi connectivity index (χ3n) is 8.68. The molecule has 0 radical (unpaired) electrons. The van der Waals surface area contributed by atoms with Gasteiger partial charge in [-0.2, -0.15) is 0 Å². The largest absolute Gasteiger partial charge is 0.0654 e. The topological polar surface area (TPSA) is 0 Å². The molecule has 0 saturated heterocycles. The van der Waals surface area contributed by atoms with Crippen LogP contribution >= 0.6 is 0 Å². The third kappa shape index (κ3) is 5.26. The first kappa shape index (κ1) is 25.0. The Morgan fingerprint density at radius 1 is 0.680 bits per heavy atom. The molecule has 0 aromatic carbocycles. The molecule has 0 heterocycles. The summed E-state index contributed by atoms with van der Waals surface area (Å²) in [7, 11) is 0. The quantitative estimate of drug-likeness (QED) is 0.292. The molecule has 25 heavy (non-hydrogen) atoms. The summed E-state index contributed by atoms with van der Waals surface area (Å²) in [6, 6.07) is 0. The molecule has 0 bridgehead atoms. The van der Waals surface area contributed by atoms with Crippen molar-refractivity contribution in [2.45, 2.75) is 133 Å². The highest BCUT2D eigenvalue weighted by molar-refractivity contribution is 5.00. The van der Waals surface area contributed by atoms with Gasteiger partial charge in [0.2, 0.25) is 0 Å². The number of hydrogen-bond donors (Lipinski definition) is 0. The van der Waals surface area contributed by atoms with Crippen molar-refractivity contribution in [1.29, 1.82) is 0 Å². The fourth-order valence-electron chi connectivity index (χ4n) is 6.28. The minimum Gasteiger partial charge on any atom is -0.0654 e. The molecule has 0 amide bonds. The minimum absolute atomic E-state index is 0.440. The lowest BCUT2D eigenvalue weighted by atomic mass is 9.48. The molecule has 0 aliphatic carbocycles. The van der Waals surface area contributed by atoms with Crippen LogP contribution in [0.4, 0.5) is 0 Å². The summed E-state index contributed by atoms with van der Waals surface area (Å²) in [5, 5.41) is 0. The van der Waals surface area contributed by atoms with Crippen LogP contribution in [0.5, 0.6) is 0 Å². The second-order valence-corrected chi connectivity index (χ2v) is 9.55. The Labute approximate surface area is 161 Å². The molecule has 0 aromatic rings. The highest BCUT2D eigenvalue weighted by Gasteiger charge is 2.51. The van der Waals surface area contributed by atoms with E-state index in [0.29, 0.717) is 16.2 Å². The van der Waals surface area contributed by atoms with E-state index in [1.807, 2.05) is 0 Å². The van der Waals surface area contributed by atoms with Gasteiger partial charge in [-0.1, -0.05) is 114 Å². The van der Waals surface area contributed by atoms with Crippen LogP contribution in [0, 0.1) is 28.1 Å². The van der Waals surface area contributed by atoms with Gasteiger partial charge in [0.25, 0.3) is 0 Å². The molecular weight excluding hydrogens is 300 g/mol. The molecule has 0 fully saturated rings. The molecule has 0 aliphatic rings. The zero-order valence-corrected chi connectivity index (χ0v) is 19.7. The molecule has 4 unspecified atom stereocenters. The lowest BCUT2D eigenvalue weighted by Gasteiger charge is -2.57. The zero-order valence-electron chi connectivity index (χ0n) is 19.7. The molecule has 0 aromatic heterocycles. The van der Waals surface area contributed by atoms with Crippen LogP contribution in [0.3, 0.4) is 0 Å². The fraction of sp³-hybridized carbons (Fsp3) is 1.00. The number of hydrogen-bond acceptors (Lipinski definition) is 0. The molecule has 0 nitrogen and oxygen atoms in total. The lowest BCUT2D eigenvalue weighted by Crippen LogP contribution is -2.48. The standard InChI is InChI=1S/C25H52/c1-11-18-23(9,16-6)24(10,22(14-4)15-5)20-25(17-7,19-12-2)21(8)13-3/h21-22H,11-20H2,1-10H3. The maximum absolute atomic E-state index is 2.69. The Balaban J connectivity index is 6.20. The van der Waals surface area contributed by atoms with E-state index in [2.05, 4.69) is 69.2 Å². The van der Waals surface area contributed by atoms with Crippen molar-refractivity contribution in [2.75, 3.05) is 0 Å². The molecule has 0 rings (SSSR count). The zero-order chi connectivity index (χ0) is 19.7. The van der Waals surface area contributed by atoms with Gasteiger partial charge in [0.1, 0.15) is 0 Å². The Morgan fingerprint density at radius 2 is 1.20 bits per heavy atom. The first-order chi connectivity index (χ1) is 11.7. The Morgan fingerprint density at radius 3 is 1.52 bits per heavy atom. The van der Waals surface area contributed by atoms with E-state index >= 15 is 0 Å². The highest BCUT2D eigenvalue weighted by atomic mass is 14.6. The molecule has 152 valence electrons. The van der Waals surface area contributed by atoms with Crippen LogP contribution in [-0.4, -0.2) is 0 Å². The Hall–Kier alpha value is 0. The van der Waals surface area contributed by atoms with Gasteiger partial charge in [-0.25, -0.2) is 0 Å². The predicted molar refractivity (Wildman–Crippen MR) is 117 cm³/mol. The first-order valence-electron chi connectivity index (χ1n) is 11.7. The second-order valence-electron chi connectivity index (χ2n) is 9.55. The van der Waals surface area contributed by atoms with Crippen molar-refractivity contribution >= 4 is 0 Å². The molecule has 4 atom stereocenters. The molecule has 0 N–H and O–H groups in total. The second kappa shape index (κ2) is 11.0. The van der Waals surface area contributed by atoms with Gasteiger partial charge in [-0.15, -0.1) is 0 Å². The summed E-state index contributed by atoms with van der Waals surface area (Å²) in [5.74, 6) is 1.67. The van der Waals surface area contributed by atoms with Crippen LogP contribution in [0.1, 0.15) is 133 Å². The van der Waals surface area contributed by atoms with Crippen LogP contribution in [-0.2, 0) is 0 Å².